The van der Waals surface area contributed by atoms with Crippen LogP contribution in [0.2, 0.25) is 5.02 Å². The number of hydrogen-bond donors (Lipinski definition) is 3. The molecule has 1 heterocycles. The van der Waals surface area contributed by atoms with Crippen molar-refractivity contribution in [2.45, 2.75) is 12.5 Å². The van der Waals surface area contributed by atoms with Crippen LogP contribution < -0.4 is 10.9 Å². The maximum Gasteiger partial charge on any atom is 0.305 e. The summed E-state index contributed by atoms with van der Waals surface area (Å²) in [5, 5.41) is 14.6. The number of nitrogens with zero attached hydrogens (tertiary/aromatic N) is 1. The van der Waals surface area contributed by atoms with Gasteiger partial charge in [-0.25, -0.2) is 9.07 Å². The van der Waals surface area contributed by atoms with Gasteiger partial charge < -0.3 is 10.4 Å². The van der Waals surface area contributed by atoms with Crippen molar-refractivity contribution in [1.29, 1.82) is 0 Å². The minimum absolute atomic E-state index is 0.0369. The van der Waals surface area contributed by atoms with Gasteiger partial charge in [0.15, 0.2) is 0 Å². The Balaban J connectivity index is 1.89. The van der Waals surface area contributed by atoms with Crippen molar-refractivity contribution < 1.29 is 19.1 Å². The predicted octanol–water partition coefficient (Wildman–Crippen LogP) is 2.90. The van der Waals surface area contributed by atoms with E-state index in [4.69, 9.17) is 16.7 Å². The van der Waals surface area contributed by atoms with E-state index in [-0.39, 0.29) is 11.3 Å². The highest BCUT2D eigenvalue weighted by atomic mass is 35.5. The first-order valence-electron chi connectivity index (χ1n) is 8.20. The molecule has 3 aromatic rings. The summed E-state index contributed by atoms with van der Waals surface area (Å²) in [6.45, 7) is 0. The number of nitrogens with one attached hydrogen (secondary N) is 2. The van der Waals surface area contributed by atoms with Crippen molar-refractivity contribution in [3.63, 3.8) is 0 Å². The van der Waals surface area contributed by atoms with Gasteiger partial charge in [-0.3, -0.25) is 19.5 Å². The molecule has 0 aliphatic rings. The van der Waals surface area contributed by atoms with E-state index >= 15 is 0 Å². The van der Waals surface area contributed by atoms with E-state index in [1.54, 1.807) is 18.2 Å². The molecular formula is C19H15ClFN3O4. The minimum Gasteiger partial charge on any atom is -0.481 e. The Bertz CT molecular complexity index is 1090. The highest BCUT2D eigenvalue weighted by Gasteiger charge is 2.23. The van der Waals surface area contributed by atoms with Gasteiger partial charge in [-0.15, -0.1) is 0 Å². The number of hydrogen-bond acceptors (Lipinski definition) is 3. The molecule has 0 saturated carbocycles. The number of aliphatic carboxylic acids is 1. The zero-order valence-corrected chi connectivity index (χ0v) is 15.1. The number of amides is 1. The molecule has 0 spiro atoms. The van der Waals surface area contributed by atoms with Crippen molar-refractivity contribution >= 4 is 23.5 Å². The molecule has 1 unspecified atom stereocenters. The molecule has 0 aliphatic heterocycles. The molecule has 28 heavy (non-hydrogen) atoms. The molecule has 1 amide bonds. The van der Waals surface area contributed by atoms with Crippen molar-refractivity contribution in [2.24, 2.45) is 0 Å². The predicted molar refractivity (Wildman–Crippen MR) is 100 cm³/mol. The van der Waals surface area contributed by atoms with Crippen LogP contribution in [0.1, 0.15) is 28.5 Å². The molecule has 0 radical (unpaired) electrons. The lowest BCUT2D eigenvalue weighted by Gasteiger charge is -2.17. The molecule has 7 nitrogen and oxygen atoms in total. The van der Waals surface area contributed by atoms with E-state index in [2.05, 4.69) is 10.4 Å². The standard InChI is InChI=1S/C19H15ClFN3O4/c20-11-4-3-5-12(8-11)24-17(25)9-16(23-24)19(28)22-15(10-18(26)27)13-6-1-2-7-14(13)21/h1-9,15,23H,10H2,(H,22,28)(H,26,27). The number of carbonyl (C=O) groups excluding carboxylic acids is 1. The molecule has 0 saturated heterocycles. The SMILES string of the molecule is O=C(O)CC(NC(=O)c1cc(=O)n(-c2cccc(Cl)c2)[nH]1)c1ccccc1F. The third-order valence-electron chi connectivity index (χ3n) is 4.00. The minimum atomic E-state index is -1.21. The van der Waals surface area contributed by atoms with Crippen molar-refractivity contribution in [2.75, 3.05) is 0 Å². The van der Waals surface area contributed by atoms with Gasteiger partial charge in [-0.2, -0.15) is 0 Å². The Hall–Kier alpha value is -3.39. The number of halogens is 2. The van der Waals surface area contributed by atoms with Crippen LogP contribution in [-0.2, 0) is 4.79 Å². The number of rotatable bonds is 6. The van der Waals surface area contributed by atoms with Gasteiger partial charge in [0.25, 0.3) is 11.5 Å². The third-order valence-corrected chi connectivity index (χ3v) is 4.23. The number of H-pyrrole nitrogens is 1. The van der Waals surface area contributed by atoms with E-state index in [1.807, 2.05) is 0 Å². The van der Waals surface area contributed by atoms with Gasteiger partial charge in [-0.05, 0) is 24.3 Å². The smallest absolute Gasteiger partial charge is 0.305 e. The van der Waals surface area contributed by atoms with Gasteiger partial charge in [0.05, 0.1) is 18.2 Å². The van der Waals surface area contributed by atoms with Crippen LogP contribution in [0.3, 0.4) is 0 Å². The molecule has 0 bridgehead atoms. The summed E-state index contributed by atoms with van der Waals surface area (Å²) in [4.78, 5) is 35.9. The highest BCUT2D eigenvalue weighted by Crippen LogP contribution is 2.21. The molecule has 1 atom stereocenters. The first-order valence-corrected chi connectivity index (χ1v) is 8.58. The van der Waals surface area contributed by atoms with Crippen LogP contribution in [0, 0.1) is 5.82 Å². The number of carbonyl (C=O) groups is 2. The lowest BCUT2D eigenvalue weighted by Crippen LogP contribution is -2.31. The van der Waals surface area contributed by atoms with Crippen LogP contribution >= 0.6 is 11.6 Å². The second-order valence-corrected chi connectivity index (χ2v) is 6.41. The first-order chi connectivity index (χ1) is 13.3. The number of aromatic nitrogens is 2. The number of benzene rings is 2. The van der Waals surface area contributed by atoms with Gasteiger partial charge in [-0.1, -0.05) is 35.9 Å². The summed E-state index contributed by atoms with van der Waals surface area (Å²) >= 11 is 5.92. The Morgan fingerprint density at radius 2 is 1.93 bits per heavy atom. The van der Waals surface area contributed by atoms with Gasteiger partial charge in [0, 0.05) is 16.7 Å². The quantitative estimate of drug-likeness (QED) is 0.588. The van der Waals surface area contributed by atoms with Crippen LogP contribution in [-0.4, -0.2) is 26.8 Å². The molecule has 144 valence electrons. The fraction of sp³-hybridized carbons (Fsp3) is 0.105. The van der Waals surface area contributed by atoms with Gasteiger partial charge >= 0.3 is 5.97 Å². The first kappa shape index (κ1) is 19.4. The Morgan fingerprint density at radius 3 is 2.61 bits per heavy atom. The average Bonchev–Trinajstić information content (AvgIpc) is 3.03. The molecule has 1 aromatic heterocycles. The summed E-state index contributed by atoms with van der Waals surface area (Å²) in [7, 11) is 0. The lowest BCUT2D eigenvalue weighted by molar-refractivity contribution is -0.137. The van der Waals surface area contributed by atoms with E-state index in [0.29, 0.717) is 10.7 Å². The van der Waals surface area contributed by atoms with E-state index in [0.717, 1.165) is 10.7 Å². The molecular weight excluding hydrogens is 389 g/mol. The topological polar surface area (TPSA) is 104 Å². The normalized spacial score (nSPS) is 11.8. The number of aromatic amines is 1. The molecule has 0 aliphatic carbocycles. The fourth-order valence-corrected chi connectivity index (χ4v) is 2.91. The van der Waals surface area contributed by atoms with E-state index < -0.39 is 35.7 Å². The zero-order valence-electron chi connectivity index (χ0n) is 14.4. The lowest BCUT2D eigenvalue weighted by atomic mass is 10.0. The Labute approximate surface area is 163 Å². The van der Waals surface area contributed by atoms with Gasteiger partial charge in [0.2, 0.25) is 0 Å². The molecule has 0 fully saturated rings. The largest absolute Gasteiger partial charge is 0.481 e. The third kappa shape index (κ3) is 4.29. The second-order valence-electron chi connectivity index (χ2n) is 5.97. The summed E-state index contributed by atoms with van der Waals surface area (Å²) in [6, 6.07) is 12.0. The average molecular weight is 404 g/mol. The van der Waals surface area contributed by atoms with Crippen molar-refractivity contribution in [3.05, 3.63) is 87.0 Å². The van der Waals surface area contributed by atoms with Gasteiger partial charge in [0.1, 0.15) is 11.5 Å². The summed E-state index contributed by atoms with van der Waals surface area (Å²) < 4.78 is 15.2. The second kappa shape index (κ2) is 8.10. The Kier molecular flexibility index (Phi) is 5.60. The van der Waals surface area contributed by atoms with E-state index in [9.17, 15) is 18.8 Å². The van der Waals surface area contributed by atoms with Crippen molar-refractivity contribution in [3.8, 4) is 5.69 Å². The Morgan fingerprint density at radius 1 is 1.18 bits per heavy atom. The fourth-order valence-electron chi connectivity index (χ4n) is 2.73. The van der Waals surface area contributed by atoms with Crippen LogP contribution in [0.15, 0.2) is 59.4 Å². The van der Waals surface area contributed by atoms with Crippen LogP contribution in [0.5, 0.6) is 0 Å². The van der Waals surface area contributed by atoms with Crippen molar-refractivity contribution in [1.82, 2.24) is 15.1 Å². The maximum absolute atomic E-state index is 14.1. The monoisotopic (exact) mass is 403 g/mol. The molecule has 3 N–H and O–H groups in total. The highest BCUT2D eigenvalue weighted by molar-refractivity contribution is 6.30. The van der Waals surface area contributed by atoms with Crippen LogP contribution in [0.25, 0.3) is 5.69 Å². The molecule has 2 aromatic carbocycles. The summed E-state index contributed by atoms with van der Waals surface area (Å²) in [6.07, 6.45) is -0.522. The zero-order chi connectivity index (χ0) is 20.3. The van der Waals surface area contributed by atoms with E-state index in [1.165, 1.54) is 30.3 Å². The van der Waals surface area contributed by atoms with Crippen LogP contribution in [0.4, 0.5) is 4.39 Å². The molecule has 9 heteroatoms. The number of carboxylic acids is 1. The summed E-state index contributed by atoms with van der Waals surface area (Å²) in [5.41, 5.74) is -0.146. The summed E-state index contributed by atoms with van der Waals surface area (Å²) in [5.74, 6) is -2.59. The maximum atomic E-state index is 14.1. The number of carboxylic acid groups (broad SMARTS) is 1. The molecule has 3 rings (SSSR count).